The van der Waals surface area contributed by atoms with Crippen LogP contribution in [0.3, 0.4) is 0 Å². The fourth-order valence-electron chi connectivity index (χ4n) is 3.60. The van der Waals surface area contributed by atoms with Crippen molar-refractivity contribution in [2.45, 2.75) is 17.8 Å². The number of anilines is 1. The number of thioether (sulfide) groups is 1. The van der Waals surface area contributed by atoms with E-state index in [-0.39, 0.29) is 11.7 Å². The molecule has 0 unspecified atom stereocenters. The van der Waals surface area contributed by atoms with Gasteiger partial charge in [0.15, 0.2) is 10.9 Å². The number of rotatable bonds is 7. The number of aromatic nitrogens is 3. The number of hydrogen-bond donors (Lipinski definition) is 1. The molecule has 3 aromatic carbocycles. The van der Waals surface area contributed by atoms with Gasteiger partial charge in [0.25, 0.3) is 5.91 Å². The number of nitrogens with one attached hydrogen (secondary N) is 1. The van der Waals surface area contributed by atoms with Crippen molar-refractivity contribution < 1.29 is 13.6 Å². The predicted octanol–water partition coefficient (Wildman–Crippen LogP) is 6.52. The predicted molar refractivity (Wildman–Crippen MR) is 134 cm³/mol. The van der Waals surface area contributed by atoms with Crippen LogP contribution >= 0.6 is 11.8 Å². The molecule has 174 valence electrons. The standard InChI is InChI=1S/C27H21FN4O2S/c1-18-5-2-3-6-23(18)32-25(24-7-4-16-34-24)30-31-27(32)35-17-19-8-10-20(11-9-19)26(33)29-22-14-12-21(28)13-15-22/h2-16H,17H2,1H3,(H,29,33). The van der Waals surface area contributed by atoms with Gasteiger partial charge in [-0.05, 0) is 72.6 Å². The third-order valence-corrected chi connectivity index (χ3v) is 6.42. The maximum Gasteiger partial charge on any atom is 0.255 e. The summed E-state index contributed by atoms with van der Waals surface area (Å²) in [4.78, 5) is 12.5. The Labute approximate surface area is 205 Å². The Bertz CT molecular complexity index is 1450. The smallest absolute Gasteiger partial charge is 0.255 e. The van der Waals surface area contributed by atoms with E-state index in [4.69, 9.17) is 4.42 Å². The molecule has 0 aliphatic rings. The van der Waals surface area contributed by atoms with Crippen molar-refractivity contribution in [3.63, 3.8) is 0 Å². The molecule has 5 aromatic rings. The summed E-state index contributed by atoms with van der Waals surface area (Å²) in [5, 5.41) is 12.3. The fraction of sp³-hybridized carbons (Fsp3) is 0.0741. The number of benzene rings is 3. The fourth-order valence-corrected chi connectivity index (χ4v) is 4.50. The van der Waals surface area contributed by atoms with Crippen molar-refractivity contribution >= 4 is 23.4 Å². The summed E-state index contributed by atoms with van der Waals surface area (Å²) in [5.74, 6) is 1.32. The molecule has 0 saturated carbocycles. The Morgan fingerprint density at radius 3 is 2.46 bits per heavy atom. The van der Waals surface area contributed by atoms with Crippen LogP contribution in [-0.4, -0.2) is 20.7 Å². The Morgan fingerprint density at radius 2 is 1.74 bits per heavy atom. The van der Waals surface area contributed by atoms with Gasteiger partial charge in [0, 0.05) is 17.0 Å². The zero-order valence-corrected chi connectivity index (χ0v) is 19.6. The number of carbonyl (C=O) groups excluding carboxylic acids is 1. The molecule has 6 nitrogen and oxygen atoms in total. The minimum Gasteiger partial charge on any atom is -0.461 e. The van der Waals surface area contributed by atoms with Crippen LogP contribution in [0.15, 0.2) is 101 Å². The largest absolute Gasteiger partial charge is 0.461 e. The molecule has 35 heavy (non-hydrogen) atoms. The minimum absolute atomic E-state index is 0.252. The molecule has 8 heteroatoms. The second kappa shape index (κ2) is 9.99. The molecule has 0 aliphatic carbocycles. The van der Waals surface area contributed by atoms with E-state index in [1.54, 1.807) is 30.2 Å². The number of furan rings is 1. The van der Waals surface area contributed by atoms with Crippen molar-refractivity contribution in [3.8, 4) is 17.3 Å². The molecule has 1 N–H and O–H groups in total. The highest BCUT2D eigenvalue weighted by Gasteiger charge is 2.19. The van der Waals surface area contributed by atoms with E-state index >= 15 is 0 Å². The van der Waals surface area contributed by atoms with Crippen molar-refractivity contribution in [1.82, 2.24) is 14.8 Å². The van der Waals surface area contributed by atoms with Crippen LogP contribution in [0, 0.1) is 12.7 Å². The molecule has 0 aliphatic heterocycles. The maximum atomic E-state index is 13.1. The molecule has 0 fully saturated rings. The van der Waals surface area contributed by atoms with Crippen molar-refractivity contribution in [3.05, 3.63) is 114 Å². The first-order valence-corrected chi connectivity index (χ1v) is 11.9. The van der Waals surface area contributed by atoms with E-state index in [0.29, 0.717) is 28.6 Å². The van der Waals surface area contributed by atoms with Gasteiger partial charge < -0.3 is 9.73 Å². The van der Waals surface area contributed by atoms with Gasteiger partial charge >= 0.3 is 0 Å². The summed E-state index contributed by atoms with van der Waals surface area (Å²) in [7, 11) is 0. The summed E-state index contributed by atoms with van der Waals surface area (Å²) < 4.78 is 20.7. The number of carbonyl (C=O) groups is 1. The molecule has 1 amide bonds. The number of nitrogens with zero attached hydrogens (tertiary/aromatic N) is 3. The van der Waals surface area contributed by atoms with Crippen LogP contribution in [0.5, 0.6) is 0 Å². The van der Waals surface area contributed by atoms with E-state index in [1.807, 2.05) is 60.0 Å². The highest BCUT2D eigenvalue weighted by atomic mass is 32.2. The average Bonchev–Trinajstić information content (AvgIpc) is 3.55. The summed E-state index contributed by atoms with van der Waals surface area (Å²) in [6, 6.07) is 24.8. The summed E-state index contributed by atoms with van der Waals surface area (Å²) >= 11 is 1.55. The van der Waals surface area contributed by atoms with Crippen molar-refractivity contribution in [2.75, 3.05) is 5.32 Å². The van der Waals surface area contributed by atoms with Gasteiger partial charge in [0.1, 0.15) is 5.82 Å². The number of amides is 1. The summed E-state index contributed by atoms with van der Waals surface area (Å²) in [6.45, 7) is 2.05. The second-order valence-corrected chi connectivity index (χ2v) is 8.79. The molecule has 0 saturated heterocycles. The quantitative estimate of drug-likeness (QED) is 0.266. The molecule has 0 radical (unpaired) electrons. The zero-order chi connectivity index (χ0) is 24.2. The van der Waals surface area contributed by atoms with Crippen LogP contribution in [0.4, 0.5) is 10.1 Å². The second-order valence-electron chi connectivity index (χ2n) is 7.85. The minimum atomic E-state index is -0.348. The van der Waals surface area contributed by atoms with E-state index in [2.05, 4.69) is 15.5 Å². The zero-order valence-electron chi connectivity index (χ0n) is 18.8. The SMILES string of the molecule is Cc1ccccc1-n1c(SCc2ccc(C(=O)Nc3ccc(F)cc3)cc2)nnc1-c1ccco1. The highest BCUT2D eigenvalue weighted by molar-refractivity contribution is 7.98. The van der Waals surface area contributed by atoms with E-state index < -0.39 is 0 Å². The first-order chi connectivity index (χ1) is 17.1. The van der Waals surface area contributed by atoms with Crippen LogP contribution in [0.25, 0.3) is 17.3 Å². The molecule has 0 bridgehead atoms. The average molecular weight is 485 g/mol. The third kappa shape index (κ3) is 5.02. The van der Waals surface area contributed by atoms with E-state index in [9.17, 15) is 9.18 Å². The molecule has 2 heterocycles. The van der Waals surface area contributed by atoms with Gasteiger partial charge in [0.05, 0.1) is 12.0 Å². The van der Waals surface area contributed by atoms with Crippen molar-refractivity contribution in [2.24, 2.45) is 0 Å². The molecule has 0 atom stereocenters. The first kappa shape index (κ1) is 22.6. The molecule has 5 rings (SSSR count). The normalized spacial score (nSPS) is 10.9. The van der Waals surface area contributed by atoms with Crippen LogP contribution < -0.4 is 5.32 Å². The Morgan fingerprint density at radius 1 is 0.971 bits per heavy atom. The Balaban J connectivity index is 1.33. The highest BCUT2D eigenvalue weighted by Crippen LogP contribution is 2.31. The summed E-state index contributed by atoms with van der Waals surface area (Å²) in [5.41, 5.74) is 4.18. The lowest BCUT2D eigenvalue weighted by molar-refractivity contribution is 0.102. The lowest BCUT2D eigenvalue weighted by atomic mass is 10.1. The molecule has 2 aromatic heterocycles. The van der Waals surface area contributed by atoms with Crippen LogP contribution in [-0.2, 0) is 5.75 Å². The maximum absolute atomic E-state index is 13.1. The summed E-state index contributed by atoms with van der Waals surface area (Å²) in [6.07, 6.45) is 1.62. The van der Waals surface area contributed by atoms with Gasteiger partial charge in [-0.15, -0.1) is 10.2 Å². The molecule has 0 spiro atoms. The lowest BCUT2D eigenvalue weighted by Gasteiger charge is -2.12. The van der Waals surface area contributed by atoms with Gasteiger partial charge in [-0.25, -0.2) is 4.39 Å². The van der Waals surface area contributed by atoms with Gasteiger partial charge in [-0.3, -0.25) is 9.36 Å². The molecular formula is C27H21FN4O2S. The van der Waals surface area contributed by atoms with Crippen LogP contribution in [0.2, 0.25) is 0 Å². The number of aryl methyl sites for hydroxylation is 1. The third-order valence-electron chi connectivity index (χ3n) is 5.42. The topological polar surface area (TPSA) is 73.0 Å². The number of para-hydroxylation sites is 1. The van der Waals surface area contributed by atoms with E-state index in [1.165, 1.54) is 24.3 Å². The van der Waals surface area contributed by atoms with Gasteiger partial charge in [0.2, 0.25) is 5.82 Å². The van der Waals surface area contributed by atoms with E-state index in [0.717, 1.165) is 22.0 Å². The monoisotopic (exact) mass is 484 g/mol. The van der Waals surface area contributed by atoms with Gasteiger partial charge in [-0.2, -0.15) is 0 Å². The lowest BCUT2D eigenvalue weighted by Crippen LogP contribution is -2.11. The first-order valence-electron chi connectivity index (χ1n) is 10.9. The van der Waals surface area contributed by atoms with Gasteiger partial charge in [-0.1, -0.05) is 42.1 Å². The number of halogens is 1. The number of hydrogen-bond acceptors (Lipinski definition) is 5. The Kier molecular flexibility index (Phi) is 6.45. The Hall–Kier alpha value is -4.17. The van der Waals surface area contributed by atoms with Crippen LogP contribution in [0.1, 0.15) is 21.5 Å². The molecular weight excluding hydrogens is 463 g/mol. The van der Waals surface area contributed by atoms with Crippen molar-refractivity contribution in [1.29, 1.82) is 0 Å².